The van der Waals surface area contributed by atoms with E-state index in [1.807, 2.05) is 0 Å². The molecule has 1 N–H and O–H groups in total. The van der Waals surface area contributed by atoms with Crippen LogP contribution in [0.3, 0.4) is 0 Å². The van der Waals surface area contributed by atoms with Crippen LogP contribution in [0, 0.1) is 0 Å². The molecule has 23 heavy (non-hydrogen) atoms. The summed E-state index contributed by atoms with van der Waals surface area (Å²) < 4.78 is 43.6. The lowest BCUT2D eigenvalue weighted by atomic mass is 9.73. The molecule has 2 aromatic rings. The van der Waals surface area contributed by atoms with Gasteiger partial charge in [0.25, 0.3) is 0 Å². The standard InChI is InChI=1S/C17H16F3NO2/c18-17(19,20)13-6-4-12(5-7-13)16(8-10-23-11-16)15(22)14-3-1-2-9-21-14/h1-7,9,15,22H,8,10-11H2. The molecule has 0 bridgehead atoms. The summed E-state index contributed by atoms with van der Waals surface area (Å²) in [6.45, 7) is 0.695. The molecule has 0 aliphatic carbocycles. The molecule has 1 fully saturated rings. The van der Waals surface area contributed by atoms with E-state index in [1.54, 1.807) is 24.4 Å². The first kappa shape index (κ1) is 16.0. The highest BCUT2D eigenvalue weighted by Gasteiger charge is 2.45. The smallest absolute Gasteiger partial charge is 0.386 e. The van der Waals surface area contributed by atoms with Crippen LogP contribution >= 0.6 is 0 Å². The highest BCUT2D eigenvalue weighted by atomic mass is 19.4. The van der Waals surface area contributed by atoms with E-state index in [2.05, 4.69) is 4.98 Å². The minimum Gasteiger partial charge on any atom is -0.386 e. The molecule has 6 heteroatoms. The molecular formula is C17H16F3NO2. The number of pyridine rings is 1. The zero-order valence-electron chi connectivity index (χ0n) is 12.3. The highest BCUT2D eigenvalue weighted by Crippen LogP contribution is 2.44. The Balaban J connectivity index is 1.98. The third-order valence-electron chi connectivity index (χ3n) is 4.33. The SMILES string of the molecule is OC(c1ccccn1)C1(c2ccc(C(F)(F)F)cc2)CCOC1. The topological polar surface area (TPSA) is 42.4 Å². The number of alkyl halides is 3. The van der Waals surface area contributed by atoms with Crippen LogP contribution in [0.1, 0.15) is 29.3 Å². The average molecular weight is 323 g/mol. The zero-order valence-corrected chi connectivity index (χ0v) is 12.3. The van der Waals surface area contributed by atoms with Crippen molar-refractivity contribution in [1.82, 2.24) is 4.98 Å². The molecule has 3 nitrogen and oxygen atoms in total. The molecule has 1 aromatic carbocycles. The summed E-state index contributed by atoms with van der Waals surface area (Å²) in [5.74, 6) is 0. The summed E-state index contributed by atoms with van der Waals surface area (Å²) in [7, 11) is 0. The Morgan fingerprint density at radius 2 is 1.87 bits per heavy atom. The van der Waals surface area contributed by atoms with Crippen molar-refractivity contribution in [1.29, 1.82) is 0 Å². The van der Waals surface area contributed by atoms with Gasteiger partial charge in [-0.15, -0.1) is 0 Å². The number of hydrogen-bond acceptors (Lipinski definition) is 3. The number of hydrogen-bond donors (Lipinski definition) is 1. The van der Waals surface area contributed by atoms with Crippen molar-refractivity contribution in [2.75, 3.05) is 13.2 Å². The van der Waals surface area contributed by atoms with E-state index in [9.17, 15) is 18.3 Å². The number of nitrogens with zero attached hydrogens (tertiary/aromatic N) is 1. The van der Waals surface area contributed by atoms with E-state index in [-0.39, 0.29) is 6.61 Å². The molecule has 2 heterocycles. The van der Waals surface area contributed by atoms with E-state index in [0.29, 0.717) is 24.3 Å². The van der Waals surface area contributed by atoms with Crippen LogP contribution < -0.4 is 0 Å². The van der Waals surface area contributed by atoms with Crippen molar-refractivity contribution in [3.8, 4) is 0 Å². The first-order chi connectivity index (χ1) is 10.9. The fourth-order valence-corrected chi connectivity index (χ4v) is 2.99. The minimum atomic E-state index is -4.38. The second-order valence-corrected chi connectivity index (χ2v) is 5.69. The molecule has 0 saturated carbocycles. The maximum atomic E-state index is 12.7. The van der Waals surface area contributed by atoms with Crippen LogP contribution in [-0.4, -0.2) is 23.3 Å². The van der Waals surface area contributed by atoms with Crippen LogP contribution in [0.4, 0.5) is 13.2 Å². The van der Waals surface area contributed by atoms with Crippen molar-refractivity contribution in [2.24, 2.45) is 0 Å². The summed E-state index contributed by atoms with van der Waals surface area (Å²) in [5.41, 5.74) is -0.375. The molecule has 1 aromatic heterocycles. The zero-order chi connectivity index (χ0) is 16.5. The van der Waals surface area contributed by atoms with Gasteiger partial charge in [0.05, 0.1) is 23.3 Å². The number of ether oxygens (including phenoxy) is 1. The first-order valence-electron chi connectivity index (χ1n) is 7.28. The number of halogens is 3. The normalized spacial score (nSPS) is 23.0. The molecular weight excluding hydrogens is 307 g/mol. The van der Waals surface area contributed by atoms with Crippen molar-refractivity contribution < 1.29 is 23.0 Å². The molecule has 1 aliphatic heterocycles. The number of aliphatic hydroxyl groups excluding tert-OH is 1. The summed E-state index contributed by atoms with van der Waals surface area (Å²) in [5, 5.41) is 10.8. The van der Waals surface area contributed by atoms with Crippen LogP contribution in [0.25, 0.3) is 0 Å². The van der Waals surface area contributed by atoms with Gasteiger partial charge in [0.1, 0.15) is 6.10 Å². The van der Waals surface area contributed by atoms with Gasteiger partial charge in [0, 0.05) is 12.8 Å². The molecule has 0 amide bonds. The summed E-state index contributed by atoms with van der Waals surface area (Å²) in [4.78, 5) is 4.17. The number of aliphatic hydroxyl groups is 1. The van der Waals surface area contributed by atoms with E-state index in [0.717, 1.165) is 12.1 Å². The lowest BCUT2D eigenvalue weighted by molar-refractivity contribution is -0.137. The van der Waals surface area contributed by atoms with Gasteiger partial charge in [-0.25, -0.2) is 0 Å². The molecule has 2 atom stereocenters. The quantitative estimate of drug-likeness (QED) is 0.940. The van der Waals surface area contributed by atoms with E-state index < -0.39 is 23.3 Å². The molecule has 1 aliphatic rings. The largest absolute Gasteiger partial charge is 0.416 e. The Kier molecular flexibility index (Phi) is 4.12. The van der Waals surface area contributed by atoms with Crippen LogP contribution in [0.2, 0.25) is 0 Å². The van der Waals surface area contributed by atoms with Crippen molar-refractivity contribution in [3.63, 3.8) is 0 Å². The predicted octanol–water partition coefficient (Wildman–Crippen LogP) is 3.49. The highest BCUT2D eigenvalue weighted by molar-refractivity contribution is 5.34. The third-order valence-corrected chi connectivity index (χ3v) is 4.33. The van der Waals surface area contributed by atoms with Gasteiger partial charge < -0.3 is 9.84 Å². The van der Waals surface area contributed by atoms with Crippen molar-refractivity contribution in [2.45, 2.75) is 24.1 Å². The van der Waals surface area contributed by atoms with E-state index >= 15 is 0 Å². The lowest BCUT2D eigenvalue weighted by Crippen LogP contribution is -2.35. The number of aromatic nitrogens is 1. The van der Waals surface area contributed by atoms with Gasteiger partial charge in [-0.1, -0.05) is 18.2 Å². The fraction of sp³-hybridized carbons (Fsp3) is 0.353. The van der Waals surface area contributed by atoms with Crippen LogP contribution in [-0.2, 0) is 16.3 Å². The Hall–Kier alpha value is -1.92. The van der Waals surface area contributed by atoms with E-state index in [4.69, 9.17) is 4.74 Å². The fourth-order valence-electron chi connectivity index (χ4n) is 2.99. The molecule has 122 valence electrons. The maximum Gasteiger partial charge on any atom is 0.416 e. The second kappa shape index (κ2) is 5.94. The van der Waals surface area contributed by atoms with Gasteiger partial charge in [0.15, 0.2) is 0 Å². The average Bonchev–Trinajstić information content (AvgIpc) is 3.05. The van der Waals surface area contributed by atoms with Crippen molar-refractivity contribution in [3.05, 3.63) is 65.5 Å². The Morgan fingerprint density at radius 3 is 2.39 bits per heavy atom. The van der Waals surface area contributed by atoms with Gasteiger partial charge in [-0.2, -0.15) is 13.2 Å². The monoisotopic (exact) mass is 323 g/mol. The third kappa shape index (κ3) is 2.96. The Labute approximate surface area is 131 Å². The predicted molar refractivity (Wildman–Crippen MR) is 77.8 cm³/mol. The molecule has 3 rings (SSSR count). The van der Waals surface area contributed by atoms with Crippen molar-refractivity contribution >= 4 is 0 Å². The Bertz CT molecular complexity index is 650. The lowest BCUT2D eigenvalue weighted by Gasteiger charge is -2.33. The summed E-state index contributed by atoms with van der Waals surface area (Å²) in [6, 6.07) is 10.1. The van der Waals surface area contributed by atoms with Gasteiger partial charge >= 0.3 is 6.18 Å². The Morgan fingerprint density at radius 1 is 1.13 bits per heavy atom. The number of rotatable bonds is 3. The first-order valence-corrected chi connectivity index (χ1v) is 7.28. The van der Waals surface area contributed by atoms with Gasteiger partial charge in [-0.05, 0) is 36.2 Å². The van der Waals surface area contributed by atoms with E-state index in [1.165, 1.54) is 12.1 Å². The van der Waals surface area contributed by atoms with Gasteiger partial charge in [-0.3, -0.25) is 4.98 Å². The summed E-state index contributed by atoms with van der Waals surface area (Å²) >= 11 is 0. The number of benzene rings is 1. The van der Waals surface area contributed by atoms with Crippen LogP contribution in [0.15, 0.2) is 48.7 Å². The molecule has 0 spiro atoms. The maximum absolute atomic E-state index is 12.7. The summed E-state index contributed by atoms with van der Waals surface area (Å²) in [6.07, 6.45) is -3.22. The van der Waals surface area contributed by atoms with Crippen LogP contribution in [0.5, 0.6) is 0 Å². The minimum absolute atomic E-state index is 0.246. The van der Waals surface area contributed by atoms with Gasteiger partial charge in [0.2, 0.25) is 0 Å². The molecule has 0 radical (unpaired) electrons. The second-order valence-electron chi connectivity index (χ2n) is 5.69. The molecule has 2 unspecified atom stereocenters. The molecule has 1 saturated heterocycles.